The Morgan fingerprint density at radius 1 is 1.29 bits per heavy atom. The summed E-state index contributed by atoms with van der Waals surface area (Å²) in [6.45, 7) is 0.457. The van der Waals surface area contributed by atoms with Crippen LogP contribution >= 0.6 is 11.3 Å². The third kappa shape index (κ3) is 2.63. The van der Waals surface area contributed by atoms with E-state index in [-0.39, 0.29) is 11.7 Å². The fraction of sp³-hybridized carbons (Fsp3) is 0.333. The standard InChI is InChI=1S/C15H14FNO3S/c16-10-4-5-12-9(7-10)8-13(21-12)14(18)17-6-2-1-3-11(17)15(19)20/h4-5,7-8,11H,1-3,6H2,(H,19,20). The highest BCUT2D eigenvalue weighted by atomic mass is 32.1. The van der Waals surface area contributed by atoms with Crippen molar-refractivity contribution in [1.82, 2.24) is 4.90 Å². The third-order valence-electron chi connectivity index (χ3n) is 3.74. The lowest BCUT2D eigenvalue weighted by Gasteiger charge is -2.32. The first-order chi connectivity index (χ1) is 10.1. The Bertz CT molecular complexity index is 712. The van der Waals surface area contributed by atoms with Crippen LogP contribution in [0, 0.1) is 5.82 Å². The lowest BCUT2D eigenvalue weighted by atomic mass is 10.0. The minimum absolute atomic E-state index is 0.274. The van der Waals surface area contributed by atoms with Gasteiger partial charge in [0.25, 0.3) is 5.91 Å². The molecule has 1 aromatic carbocycles. The van der Waals surface area contributed by atoms with E-state index in [0.29, 0.717) is 23.2 Å². The maximum Gasteiger partial charge on any atom is 0.326 e. The van der Waals surface area contributed by atoms with Crippen molar-refractivity contribution in [1.29, 1.82) is 0 Å². The fourth-order valence-corrected chi connectivity index (χ4v) is 3.69. The SMILES string of the molecule is O=C(O)C1CCCCN1C(=O)c1cc2cc(F)ccc2s1. The first-order valence-electron chi connectivity index (χ1n) is 6.79. The maximum absolute atomic E-state index is 13.2. The van der Waals surface area contributed by atoms with Crippen molar-refractivity contribution in [3.63, 3.8) is 0 Å². The van der Waals surface area contributed by atoms with Gasteiger partial charge in [-0.15, -0.1) is 11.3 Å². The smallest absolute Gasteiger partial charge is 0.326 e. The first-order valence-corrected chi connectivity index (χ1v) is 7.61. The van der Waals surface area contributed by atoms with Gasteiger partial charge in [-0.25, -0.2) is 9.18 Å². The van der Waals surface area contributed by atoms with Crippen LogP contribution < -0.4 is 0 Å². The number of rotatable bonds is 2. The minimum atomic E-state index is -0.963. The lowest BCUT2D eigenvalue weighted by molar-refractivity contribution is -0.143. The molecule has 1 saturated heterocycles. The van der Waals surface area contributed by atoms with E-state index >= 15 is 0 Å². The zero-order valence-corrected chi connectivity index (χ0v) is 12.0. The molecule has 2 aromatic rings. The van der Waals surface area contributed by atoms with Crippen molar-refractivity contribution in [3.05, 3.63) is 35.0 Å². The molecule has 0 spiro atoms. The van der Waals surface area contributed by atoms with Gasteiger partial charge in [-0.1, -0.05) is 0 Å². The summed E-state index contributed by atoms with van der Waals surface area (Å²) in [6, 6.07) is 5.26. The van der Waals surface area contributed by atoms with Gasteiger partial charge in [-0.3, -0.25) is 4.79 Å². The minimum Gasteiger partial charge on any atom is -0.480 e. The molecular weight excluding hydrogens is 293 g/mol. The second-order valence-electron chi connectivity index (χ2n) is 5.14. The van der Waals surface area contributed by atoms with Crippen molar-refractivity contribution < 1.29 is 19.1 Å². The number of halogens is 1. The van der Waals surface area contributed by atoms with Crippen LogP contribution in [0.5, 0.6) is 0 Å². The predicted molar refractivity (Wildman–Crippen MR) is 78.1 cm³/mol. The van der Waals surface area contributed by atoms with Crippen molar-refractivity contribution >= 4 is 33.3 Å². The Morgan fingerprint density at radius 3 is 2.86 bits per heavy atom. The molecule has 0 bridgehead atoms. The number of hydrogen-bond acceptors (Lipinski definition) is 3. The summed E-state index contributed by atoms with van der Waals surface area (Å²) in [7, 11) is 0. The predicted octanol–water partition coefficient (Wildman–Crippen LogP) is 3.12. The van der Waals surface area contributed by atoms with Crippen molar-refractivity contribution in [2.45, 2.75) is 25.3 Å². The highest BCUT2D eigenvalue weighted by molar-refractivity contribution is 7.20. The zero-order valence-electron chi connectivity index (χ0n) is 11.2. The van der Waals surface area contributed by atoms with Crippen LogP contribution in [-0.2, 0) is 4.79 Å². The molecular formula is C15H14FNO3S. The molecule has 1 atom stereocenters. The number of carbonyl (C=O) groups is 2. The van der Waals surface area contributed by atoms with E-state index in [4.69, 9.17) is 0 Å². The lowest BCUT2D eigenvalue weighted by Crippen LogP contribution is -2.47. The van der Waals surface area contributed by atoms with Crippen molar-refractivity contribution in [2.75, 3.05) is 6.54 Å². The molecule has 1 fully saturated rings. The summed E-state index contributed by atoms with van der Waals surface area (Å²) in [5.74, 6) is -1.58. The Labute approximate surface area is 124 Å². The zero-order chi connectivity index (χ0) is 15.0. The van der Waals surface area contributed by atoms with Crippen LogP contribution in [0.25, 0.3) is 10.1 Å². The molecule has 6 heteroatoms. The number of piperidine rings is 1. The summed E-state index contributed by atoms with van der Waals surface area (Å²) in [4.78, 5) is 25.7. The molecule has 2 heterocycles. The molecule has 0 radical (unpaired) electrons. The van der Waals surface area contributed by atoms with E-state index < -0.39 is 12.0 Å². The van der Waals surface area contributed by atoms with Crippen LogP contribution in [0.4, 0.5) is 4.39 Å². The Hall–Kier alpha value is -1.95. The number of carboxylic acids is 1. The second kappa shape index (κ2) is 5.44. The number of hydrogen-bond donors (Lipinski definition) is 1. The van der Waals surface area contributed by atoms with Gasteiger partial charge in [0.2, 0.25) is 0 Å². The molecule has 1 unspecified atom stereocenters. The molecule has 3 rings (SSSR count). The topological polar surface area (TPSA) is 57.6 Å². The van der Waals surface area contributed by atoms with Crippen LogP contribution in [0.2, 0.25) is 0 Å². The highest BCUT2D eigenvalue weighted by Crippen LogP contribution is 2.29. The van der Waals surface area contributed by atoms with Gasteiger partial charge < -0.3 is 10.0 Å². The summed E-state index contributed by atoms with van der Waals surface area (Å²) in [5, 5.41) is 9.91. The molecule has 1 amide bonds. The van der Waals surface area contributed by atoms with Gasteiger partial charge in [0.1, 0.15) is 11.9 Å². The summed E-state index contributed by atoms with van der Waals surface area (Å²) < 4.78 is 14.0. The monoisotopic (exact) mass is 307 g/mol. The largest absolute Gasteiger partial charge is 0.480 e. The summed E-state index contributed by atoms with van der Waals surface area (Å²) in [6.07, 6.45) is 2.12. The number of nitrogens with zero attached hydrogens (tertiary/aromatic N) is 1. The quantitative estimate of drug-likeness (QED) is 0.927. The van der Waals surface area contributed by atoms with Crippen LogP contribution in [0.3, 0.4) is 0 Å². The first kappa shape index (κ1) is 14.0. The number of likely N-dealkylation sites (tertiary alicyclic amines) is 1. The maximum atomic E-state index is 13.2. The van der Waals surface area contributed by atoms with E-state index in [9.17, 15) is 19.1 Å². The van der Waals surface area contributed by atoms with Gasteiger partial charge in [-0.05, 0) is 48.9 Å². The van der Waals surface area contributed by atoms with E-state index in [1.165, 1.54) is 28.4 Å². The Morgan fingerprint density at radius 2 is 2.10 bits per heavy atom. The normalized spacial score (nSPS) is 18.9. The summed E-state index contributed by atoms with van der Waals surface area (Å²) >= 11 is 1.27. The molecule has 4 nitrogen and oxygen atoms in total. The van der Waals surface area contributed by atoms with Gasteiger partial charge in [0, 0.05) is 11.2 Å². The van der Waals surface area contributed by atoms with Crippen molar-refractivity contribution in [3.8, 4) is 0 Å². The van der Waals surface area contributed by atoms with Gasteiger partial charge in [0.15, 0.2) is 0 Å². The van der Waals surface area contributed by atoms with E-state index in [0.717, 1.165) is 17.5 Å². The molecule has 1 N–H and O–H groups in total. The van der Waals surface area contributed by atoms with Gasteiger partial charge in [-0.2, -0.15) is 0 Å². The number of carboxylic acid groups (broad SMARTS) is 1. The van der Waals surface area contributed by atoms with Gasteiger partial charge in [0.05, 0.1) is 4.88 Å². The molecule has 0 aliphatic carbocycles. The molecule has 1 aliphatic heterocycles. The van der Waals surface area contributed by atoms with Crippen LogP contribution in [0.15, 0.2) is 24.3 Å². The molecule has 110 valence electrons. The number of thiophene rings is 1. The van der Waals surface area contributed by atoms with Crippen LogP contribution in [0.1, 0.15) is 28.9 Å². The number of benzene rings is 1. The van der Waals surface area contributed by atoms with Crippen molar-refractivity contribution in [2.24, 2.45) is 0 Å². The fourth-order valence-electron chi connectivity index (χ4n) is 2.69. The third-order valence-corrected chi connectivity index (χ3v) is 4.84. The molecule has 21 heavy (non-hydrogen) atoms. The van der Waals surface area contributed by atoms with Gasteiger partial charge >= 0.3 is 5.97 Å². The number of amides is 1. The van der Waals surface area contributed by atoms with Crippen LogP contribution in [-0.4, -0.2) is 34.5 Å². The molecule has 1 aromatic heterocycles. The Balaban J connectivity index is 1.93. The van der Waals surface area contributed by atoms with E-state index in [2.05, 4.69) is 0 Å². The molecule has 0 saturated carbocycles. The average Bonchev–Trinajstić information content (AvgIpc) is 2.89. The Kier molecular flexibility index (Phi) is 3.63. The molecule has 1 aliphatic rings. The number of aliphatic carboxylic acids is 1. The number of fused-ring (bicyclic) bond motifs is 1. The second-order valence-corrected chi connectivity index (χ2v) is 6.22. The number of carbonyl (C=O) groups excluding carboxylic acids is 1. The van der Waals surface area contributed by atoms with E-state index in [1.807, 2.05) is 0 Å². The average molecular weight is 307 g/mol. The highest BCUT2D eigenvalue weighted by Gasteiger charge is 2.33. The summed E-state index contributed by atoms with van der Waals surface area (Å²) in [5.41, 5.74) is 0. The van der Waals surface area contributed by atoms with E-state index in [1.54, 1.807) is 12.1 Å².